The summed E-state index contributed by atoms with van der Waals surface area (Å²) in [4.78, 5) is 30.1. The number of hydrogen-bond donors (Lipinski definition) is 0. The van der Waals surface area contributed by atoms with Gasteiger partial charge in [0, 0.05) is 18.7 Å². The number of carbonyl (C=O) groups excluding carboxylic acids is 2. The normalized spacial score (nSPS) is 17.0. The molecule has 30 heavy (non-hydrogen) atoms. The Hall–Kier alpha value is -3.32. The van der Waals surface area contributed by atoms with E-state index in [1.165, 1.54) is 4.90 Å². The third kappa shape index (κ3) is 3.64. The van der Waals surface area contributed by atoms with Crippen LogP contribution in [-0.2, 0) is 20.9 Å². The maximum Gasteiger partial charge on any atom is 0.278 e. The van der Waals surface area contributed by atoms with E-state index in [0.717, 1.165) is 5.56 Å². The van der Waals surface area contributed by atoms with Crippen molar-refractivity contribution in [3.8, 4) is 11.5 Å². The molecule has 0 aromatic heterocycles. The van der Waals surface area contributed by atoms with Crippen LogP contribution in [0.2, 0.25) is 0 Å². The average molecular weight is 408 g/mol. The molecule has 2 heterocycles. The largest absolute Gasteiger partial charge is 0.497 e. The number of carbonyl (C=O) groups is 2. The van der Waals surface area contributed by atoms with Gasteiger partial charge in [0.15, 0.2) is 0 Å². The van der Waals surface area contributed by atoms with Gasteiger partial charge in [0.25, 0.3) is 11.8 Å². The van der Waals surface area contributed by atoms with Crippen LogP contribution in [0.25, 0.3) is 5.57 Å². The molecule has 0 bridgehead atoms. The van der Waals surface area contributed by atoms with Crippen LogP contribution in [0.15, 0.2) is 54.2 Å². The predicted molar refractivity (Wildman–Crippen MR) is 111 cm³/mol. The van der Waals surface area contributed by atoms with Gasteiger partial charge in [0.05, 0.1) is 39.6 Å². The lowest BCUT2D eigenvalue weighted by molar-refractivity contribution is -0.138. The average Bonchev–Trinajstić information content (AvgIpc) is 3.05. The summed E-state index contributed by atoms with van der Waals surface area (Å²) < 4.78 is 16.1. The monoisotopic (exact) mass is 408 g/mol. The van der Waals surface area contributed by atoms with E-state index in [1.807, 2.05) is 41.3 Å². The summed E-state index contributed by atoms with van der Waals surface area (Å²) >= 11 is 0. The molecule has 2 amide bonds. The number of ether oxygens (including phenoxy) is 3. The third-order valence-corrected chi connectivity index (χ3v) is 5.37. The van der Waals surface area contributed by atoms with Crippen molar-refractivity contribution in [2.75, 3.05) is 40.5 Å². The molecule has 2 aromatic rings. The van der Waals surface area contributed by atoms with E-state index in [2.05, 4.69) is 0 Å². The Labute approximate surface area is 175 Å². The number of benzene rings is 2. The molecule has 1 saturated heterocycles. The molecule has 0 N–H and O–H groups in total. The van der Waals surface area contributed by atoms with Crippen LogP contribution in [0.4, 0.5) is 0 Å². The van der Waals surface area contributed by atoms with Gasteiger partial charge in [0.1, 0.15) is 17.2 Å². The minimum atomic E-state index is -0.308. The van der Waals surface area contributed by atoms with Crippen LogP contribution in [0, 0.1) is 0 Å². The molecule has 2 aliphatic heterocycles. The molecule has 0 saturated carbocycles. The molecule has 0 spiro atoms. The zero-order valence-electron chi connectivity index (χ0n) is 17.1. The molecule has 1 fully saturated rings. The van der Waals surface area contributed by atoms with E-state index < -0.39 is 0 Å². The number of para-hydroxylation sites is 1. The van der Waals surface area contributed by atoms with Gasteiger partial charge in [-0.3, -0.25) is 14.5 Å². The van der Waals surface area contributed by atoms with Gasteiger partial charge in [0.2, 0.25) is 0 Å². The highest BCUT2D eigenvalue weighted by molar-refractivity contribution is 6.35. The Kier molecular flexibility index (Phi) is 5.72. The molecule has 4 rings (SSSR count). The smallest absolute Gasteiger partial charge is 0.278 e. The summed E-state index contributed by atoms with van der Waals surface area (Å²) in [6.07, 6.45) is 0. The first-order valence-electron chi connectivity index (χ1n) is 9.83. The second-order valence-electron chi connectivity index (χ2n) is 7.06. The number of imide groups is 1. The quantitative estimate of drug-likeness (QED) is 0.684. The van der Waals surface area contributed by atoms with Gasteiger partial charge < -0.3 is 19.1 Å². The Morgan fingerprint density at radius 1 is 0.900 bits per heavy atom. The first kappa shape index (κ1) is 20.0. The van der Waals surface area contributed by atoms with Crippen molar-refractivity contribution < 1.29 is 23.8 Å². The van der Waals surface area contributed by atoms with Gasteiger partial charge in [-0.05, 0) is 23.8 Å². The highest BCUT2D eigenvalue weighted by atomic mass is 16.5. The number of methoxy groups -OCH3 is 2. The standard InChI is InChI=1S/C23H24N2O5/c1-28-18-9-7-16(8-10-18)20-21(24-11-13-30-14-12-24)23(27)25(22(20)26)15-17-5-3-4-6-19(17)29-2/h3-10H,11-15H2,1-2H3. The highest BCUT2D eigenvalue weighted by Crippen LogP contribution is 2.34. The van der Waals surface area contributed by atoms with Gasteiger partial charge in [-0.15, -0.1) is 0 Å². The number of hydrogen-bond acceptors (Lipinski definition) is 6. The van der Waals surface area contributed by atoms with Gasteiger partial charge in [-0.1, -0.05) is 30.3 Å². The van der Waals surface area contributed by atoms with Crippen molar-refractivity contribution in [1.29, 1.82) is 0 Å². The Bertz CT molecular complexity index is 977. The van der Waals surface area contributed by atoms with Crippen molar-refractivity contribution in [2.45, 2.75) is 6.54 Å². The van der Waals surface area contributed by atoms with Crippen LogP contribution in [0.1, 0.15) is 11.1 Å². The molecule has 7 heteroatoms. The fourth-order valence-corrected chi connectivity index (χ4v) is 3.81. The number of morpholine rings is 1. The fourth-order valence-electron chi connectivity index (χ4n) is 3.81. The molecule has 0 unspecified atom stereocenters. The minimum absolute atomic E-state index is 0.148. The molecule has 0 radical (unpaired) electrons. The number of rotatable bonds is 6. The van der Waals surface area contributed by atoms with E-state index in [4.69, 9.17) is 14.2 Å². The van der Waals surface area contributed by atoms with Crippen molar-refractivity contribution in [3.63, 3.8) is 0 Å². The molecular formula is C23H24N2O5. The van der Waals surface area contributed by atoms with E-state index in [9.17, 15) is 9.59 Å². The maximum atomic E-state index is 13.4. The Morgan fingerprint density at radius 2 is 1.60 bits per heavy atom. The SMILES string of the molecule is COc1ccc(C2=C(N3CCOCC3)C(=O)N(Cc3ccccc3OC)C2=O)cc1. The van der Waals surface area contributed by atoms with Crippen molar-refractivity contribution >= 4 is 17.4 Å². The van der Waals surface area contributed by atoms with Crippen LogP contribution >= 0.6 is 0 Å². The predicted octanol–water partition coefficient (Wildman–Crippen LogP) is 2.32. The summed E-state index contributed by atoms with van der Waals surface area (Å²) in [5, 5.41) is 0. The third-order valence-electron chi connectivity index (χ3n) is 5.37. The lowest BCUT2D eigenvalue weighted by Gasteiger charge is -2.29. The fraction of sp³-hybridized carbons (Fsp3) is 0.304. The van der Waals surface area contributed by atoms with E-state index in [1.54, 1.807) is 26.4 Å². The summed E-state index contributed by atoms with van der Waals surface area (Å²) in [6.45, 7) is 2.32. The molecule has 0 atom stereocenters. The van der Waals surface area contributed by atoms with Crippen LogP contribution in [0.3, 0.4) is 0 Å². The Balaban J connectivity index is 1.73. The highest BCUT2D eigenvalue weighted by Gasteiger charge is 2.42. The molecule has 0 aliphatic carbocycles. The van der Waals surface area contributed by atoms with Crippen molar-refractivity contribution in [1.82, 2.24) is 9.80 Å². The first-order chi connectivity index (χ1) is 14.6. The van der Waals surface area contributed by atoms with E-state index in [-0.39, 0.29) is 18.4 Å². The summed E-state index contributed by atoms with van der Waals surface area (Å²) in [5.41, 5.74) is 2.32. The van der Waals surface area contributed by atoms with Crippen molar-refractivity contribution in [2.24, 2.45) is 0 Å². The number of nitrogens with zero attached hydrogens (tertiary/aromatic N) is 2. The Morgan fingerprint density at radius 3 is 2.27 bits per heavy atom. The topological polar surface area (TPSA) is 68.3 Å². The maximum absolute atomic E-state index is 13.4. The molecule has 156 valence electrons. The van der Waals surface area contributed by atoms with E-state index in [0.29, 0.717) is 54.6 Å². The van der Waals surface area contributed by atoms with Crippen LogP contribution in [0.5, 0.6) is 11.5 Å². The zero-order chi connectivity index (χ0) is 21.1. The van der Waals surface area contributed by atoms with E-state index >= 15 is 0 Å². The zero-order valence-corrected chi connectivity index (χ0v) is 17.1. The summed E-state index contributed by atoms with van der Waals surface area (Å²) in [6, 6.07) is 14.6. The molecule has 7 nitrogen and oxygen atoms in total. The lowest BCUT2D eigenvalue weighted by Crippen LogP contribution is -2.40. The first-order valence-corrected chi connectivity index (χ1v) is 9.83. The molecular weight excluding hydrogens is 384 g/mol. The van der Waals surface area contributed by atoms with Crippen molar-refractivity contribution in [3.05, 3.63) is 65.4 Å². The molecule has 2 aliphatic rings. The van der Waals surface area contributed by atoms with Crippen LogP contribution < -0.4 is 9.47 Å². The van der Waals surface area contributed by atoms with Gasteiger partial charge in [-0.25, -0.2) is 0 Å². The minimum Gasteiger partial charge on any atom is -0.497 e. The second kappa shape index (κ2) is 8.59. The summed E-state index contributed by atoms with van der Waals surface area (Å²) in [5.74, 6) is 0.732. The lowest BCUT2D eigenvalue weighted by atomic mass is 10.0. The summed E-state index contributed by atoms with van der Waals surface area (Å²) in [7, 11) is 3.17. The van der Waals surface area contributed by atoms with Gasteiger partial charge >= 0.3 is 0 Å². The second-order valence-corrected chi connectivity index (χ2v) is 7.06. The molecule has 2 aromatic carbocycles. The van der Waals surface area contributed by atoms with Crippen LogP contribution in [-0.4, -0.2) is 62.1 Å². The van der Waals surface area contributed by atoms with Gasteiger partial charge in [-0.2, -0.15) is 0 Å². The number of amides is 2.